The molecule has 10 heavy (non-hydrogen) atoms. The topological polar surface area (TPSA) is 0 Å². The van der Waals surface area contributed by atoms with Crippen molar-refractivity contribution in [3.63, 3.8) is 0 Å². The predicted molar refractivity (Wildman–Crippen MR) is 44.1 cm³/mol. The lowest BCUT2D eigenvalue weighted by molar-refractivity contribution is 0.173. The zero-order chi connectivity index (χ0) is 9.23. The fraction of sp³-hybridized carbons (Fsp3) is 1.00. The first-order chi connectivity index (χ1) is 4.76. The average molecular weight is 143 g/mol. The second kappa shape index (κ2) is 3.40. The first kappa shape index (κ1) is 8.09. The third-order valence-electron chi connectivity index (χ3n) is 1.88. The van der Waals surface area contributed by atoms with E-state index in [2.05, 4.69) is 0 Å². The predicted octanol–water partition coefficient (Wildman–Crippen LogP) is 2.74. The van der Waals surface area contributed by atoms with Gasteiger partial charge in [0.1, 0.15) is 5.67 Å². The standard InChI is InChI=1S/C8H16BF/c1-5-6(2)7(9)8(3,4)10/h6-7H,5H2,1-4H3/i5D. The van der Waals surface area contributed by atoms with Gasteiger partial charge in [0, 0.05) is 1.37 Å². The van der Waals surface area contributed by atoms with Gasteiger partial charge in [-0.15, -0.1) is 0 Å². The van der Waals surface area contributed by atoms with E-state index < -0.39 is 11.5 Å². The third-order valence-corrected chi connectivity index (χ3v) is 1.88. The Bertz CT molecular complexity index is 120. The molecule has 0 saturated carbocycles. The SMILES string of the molecule is [2H]C(C)C(C)C([B])C(C)(C)F. The molecule has 0 rings (SSSR count). The molecule has 2 radical (unpaired) electrons. The van der Waals surface area contributed by atoms with Crippen LogP contribution in [0.4, 0.5) is 4.39 Å². The summed E-state index contributed by atoms with van der Waals surface area (Å²) in [5.41, 5.74) is -1.38. The monoisotopic (exact) mass is 143 g/mol. The summed E-state index contributed by atoms with van der Waals surface area (Å²) in [6.45, 7) is 6.45. The van der Waals surface area contributed by atoms with Crippen molar-refractivity contribution in [2.75, 3.05) is 0 Å². The fourth-order valence-electron chi connectivity index (χ4n) is 0.832. The van der Waals surface area contributed by atoms with Crippen molar-refractivity contribution in [1.29, 1.82) is 0 Å². The quantitative estimate of drug-likeness (QED) is 0.533. The molecular weight excluding hydrogens is 126 g/mol. The minimum atomic E-state index is -1.38. The minimum Gasteiger partial charge on any atom is -0.245 e. The Morgan fingerprint density at radius 1 is 1.70 bits per heavy atom. The lowest BCUT2D eigenvalue weighted by Gasteiger charge is -2.28. The molecule has 0 fully saturated rings. The molecular formula is C8H16BF. The summed E-state index contributed by atoms with van der Waals surface area (Å²) in [5, 5.41) is 0. The van der Waals surface area contributed by atoms with Crippen LogP contribution < -0.4 is 0 Å². The van der Waals surface area contributed by atoms with Crippen molar-refractivity contribution >= 4 is 7.85 Å². The summed E-state index contributed by atoms with van der Waals surface area (Å²) in [5.74, 6) is -0.648. The van der Waals surface area contributed by atoms with E-state index in [9.17, 15) is 4.39 Å². The summed E-state index contributed by atoms with van der Waals surface area (Å²) in [7, 11) is 5.60. The van der Waals surface area contributed by atoms with Gasteiger partial charge in [-0.05, 0) is 25.6 Å². The largest absolute Gasteiger partial charge is 0.245 e. The van der Waals surface area contributed by atoms with Gasteiger partial charge in [0.25, 0.3) is 0 Å². The Hall–Kier alpha value is -0.00506. The van der Waals surface area contributed by atoms with Crippen LogP contribution in [0.3, 0.4) is 0 Å². The van der Waals surface area contributed by atoms with Gasteiger partial charge in [0.15, 0.2) is 0 Å². The Balaban J connectivity index is 4.13. The van der Waals surface area contributed by atoms with Gasteiger partial charge in [-0.25, -0.2) is 4.39 Å². The Labute approximate surface area is 66.0 Å². The van der Waals surface area contributed by atoms with Crippen molar-refractivity contribution in [3.8, 4) is 0 Å². The highest BCUT2D eigenvalue weighted by atomic mass is 19.1. The van der Waals surface area contributed by atoms with Crippen LogP contribution in [0.1, 0.15) is 35.5 Å². The summed E-state index contributed by atoms with van der Waals surface area (Å²) >= 11 is 0. The molecule has 0 amide bonds. The number of alkyl halides is 1. The maximum Gasteiger partial charge on any atom is 0.100 e. The van der Waals surface area contributed by atoms with Gasteiger partial charge in [-0.1, -0.05) is 20.2 Å². The minimum absolute atomic E-state index is 0.102. The molecule has 0 nitrogen and oxygen atoms in total. The smallest absolute Gasteiger partial charge is 0.100 e. The van der Waals surface area contributed by atoms with Gasteiger partial charge in [-0.2, -0.15) is 0 Å². The first-order valence-corrected chi connectivity index (χ1v) is 3.63. The van der Waals surface area contributed by atoms with E-state index in [1.165, 1.54) is 13.8 Å². The maximum atomic E-state index is 13.2. The molecule has 2 heteroatoms. The van der Waals surface area contributed by atoms with E-state index in [0.717, 1.165) is 0 Å². The molecule has 58 valence electrons. The molecule has 0 aromatic carbocycles. The molecule has 3 unspecified atom stereocenters. The molecule has 0 aliphatic carbocycles. The van der Waals surface area contributed by atoms with Crippen LogP contribution in [-0.4, -0.2) is 13.5 Å². The number of halogens is 1. The van der Waals surface area contributed by atoms with Crippen molar-refractivity contribution in [2.45, 2.75) is 45.6 Å². The van der Waals surface area contributed by atoms with Crippen molar-refractivity contribution in [3.05, 3.63) is 0 Å². The summed E-state index contributed by atoms with van der Waals surface area (Å²) in [4.78, 5) is 0. The Morgan fingerprint density at radius 3 is 2.20 bits per heavy atom. The van der Waals surface area contributed by atoms with Gasteiger partial charge < -0.3 is 0 Å². The van der Waals surface area contributed by atoms with Crippen molar-refractivity contribution in [1.82, 2.24) is 0 Å². The van der Waals surface area contributed by atoms with Crippen LogP contribution in [0, 0.1) is 5.92 Å². The van der Waals surface area contributed by atoms with Crippen LogP contribution >= 0.6 is 0 Å². The van der Waals surface area contributed by atoms with E-state index >= 15 is 0 Å². The van der Waals surface area contributed by atoms with Crippen LogP contribution in [-0.2, 0) is 0 Å². The van der Waals surface area contributed by atoms with Gasteiger partial charge >= 0.3 is 0 Å². The zero-order valence-corrected chi connectivity index (χ0v) is 7.19. The van der Waals surface area contributed by atoms with Gasteiger partial charge in [0.2, 0.25) is 0 Å². The highest BCUT2D eigenvalue weighted by molar-refractivity contribution is 6.12. The number of hydrogen-bond donors (Lipinski definition) is 0. The lowest BCUT2D eigenvalue weighted by Crippen LogP contribution is -2.25. The molecule has 0 saturated heterocycles. The van der Waals surface area contributed by atoms with Crippen molar-refractivity contribution in [2.24, 2.45) is 5.92 Å². The second-order valence-corrected chi connectivity index (χ2v) is 3.28. The molecule has 0 aliphatic rings. The molecule has 0 aromatic rings. The van der Waals surface area contributed by atoms with E-state index in [1.807, 2.05) is 6.92 Å². The van der Waals surface area contributed by atoms with Gasteiger partial charge in [-0.3, -0.25) is 0 Å². The molecule has 0 aliphatic heterocycles. The molecule has 3 atom stereocenters. The van der Waals surface area contributed by atoms with Crippen LogP contribution in [0.25, 0.3) is 0 Å². The average Bonchev–Trinajstić information content (AvgIpc) is 1.82. The van der Waals surface area contributed by atoms with E-state index in [0.29, 0.717) is 0 Å². The summed E-state index contributed by atoms with van der Waals surface area (Å²) in [6.07, 6.45) is -0.306. The van der Waals surface area contributed by atoms with Crippen LogP contribution in [0.15, 0.2) is 0 Å². The Morgan fingerprint density at radius 2 is 2.10 bits per heavy atom. The highest BCUT2D eigenvalue weighted by Crippen LogP contribution is 2.32. The molecule has 0 heterocycles. The molecule has 0 aromatic heterocycles. The summed E-state index contributed by atoms with van der Waals surface area (Å²) in [6, 6.07) is 0. The van der Waals surface area contributed by atoms with Crippen molar-refractivity contribution < 1.29 is 5.76 Å². The second-order valence-electron chi connectivity index (χ2n) is 3.28. The first-order valence-electron chi connectivity index (χ1n) is 4.21. The van der Waals surface area contributed by atoms with Gasteiger partial charge in [0.05, 0.1) is 7.85 Å². The number of hydrogen-bond acceptors (Lipinski definition) is 0. The Kier molecular flexibility index (Phi) is 2.76. The molecule has 0 spiro atoms. The van der Waals surface area contributed by atoms with E-state index in [1.54, 1.807) is 6.92 Å². The number of rotatable bonds is 3. The van der Waals surface area contributed by atoms with Crippen LogP contribution in [0.5, 0.6) is 0 Å². The van der Waals surface area contributed by atoms with Crippen LogP contribution in [0.2, 0.25) is 5.82 Å². The summed E-state index contributed by atoms with van der Waals surface area (Å²) < 4.78 is 20.5. The fourth-order valence-corrected chi connectivity index (χ4v) is 0.832. The molecule has 0 bridgehead atoms. The molecule has 0 N–H and O–H groups in total. The lowest BCUT2D eigenvalue weighted by atomic mass is 9.68. The zero-order valence-electron chi connectivity index (χ0n) is 8.19. The highest BCUT2D eigenvalue weighted by Gasteiger charge is 2.27. The maximum absolute atomic E-state index is 13.2. The van der Waals surface area contributed by atoms with E-state index in [4.69, 9.17) is 9.22 Å². The van der Waals surface area contributed by atoms with E-state index in [-0.39, 0.29) is 12.3 Å². The normalized spacial score (nSPS) is 23.1. The third kappa shape index (κ3) is 2.72.